The molecule has 3 aromatic rings. The first-order chi connectivity index (χ1) is 15.3. The van der Waals surface area contributed by atoms with Crippen molar-refractivity contribution in [3.8, 4) is 5.75 Å². The zero-order valence-electron chi connectivity index (χ0n) is 18.7. The fourth-order valence-electron chi connectivity index (χ4n) is 4.07. The summed E-state index contributed by atoms with van der Waals surface area (Å²) >= 11 is 0. The van der Waals surface area contributed by atoms with Gasteiger partial charge in [-0.15, -0.1) is 0 Å². The zero-order chi connectivity index (χ0) is 22.9. The Morgan fingerprint density at radius 1 is 1.16 bits per heavy atom. The summed E-state index contributed by atoms with van der Waals surface area (Å²) in [5.74, 6) is 0.350. The van der Waals surface area contributed by atoms with Gasteiger partial charge in [-0.2, -0.15) is 0 Å². The van der Waals surface area contributed by atoms with Crippen molar-refractivity contribution in [3.05, 3.63) is 66.0 Å². The smallest absolute Gasteiger partial charge is 0.419 e. The first-order valence-corrected chi connectivity index (χ1v) is 10.6. The fourth-order valence-corrected chi connectivity index (χ4v) is 4.07. The highest BCUT2D eigenvalue weighted by molar-refractivity contribution is 5.98. The molecule has 7 nitrogen and oxygen atoms in total. The average Bonchev–Trinajstić information content (AvgIpc) is 3.02. The van der Waals surface area contributed by atoms with Crippen LogP contribution in [0.5, 0.6) is 5.75 Å². The molecule has 4 rings (SSSR count). The van der Waals surface area contributed by atoms with Gasteiger partial charge in [0.15, 0.2) is 0 Å². The fraction of sp³-hybridized carbons (Fsp3) is 0.280. The Balaban J connectivity index is 1.79. The second-order valence-corrected chi connectivity index (χ2v) is 8.33. The van der Waals surface area contributed by atoms with Crippen molar-refractivity contribution in [2.75, 3.05) is 25.1 Å². The van der Waals surface area contributed by atoms with E-state index < -0.39 is 12.2 Å². The molecular weight excluding hydrogens is 406 g/mol. The van der Waals surface area contributed by atoms with Gasteiger partial charge in [-0.3, -0.25) is 4.90 Å². The predicted octanol–water partition coefficient (Wildman–Crippen LogP) is 5.13. The number of carbonyl (C=O) groups excluding carboxylic acids is 2. The molecule has 0 aliphatic carbocycles. The van der Waals surface area contributed by atoms with Crippen LogP contribution in [0.3, 0.4) is 0 Å². The van der Waals surface area contributed by atoms with Crippen molar-refractivity contribution >= 4 is 34.9 Å². The number of ether oxygens (including phenoxy) is 2. The summed E-state index contributed by atoms with van der Waals surface area (Å²) in [6, 6.07) is 14.6. The number of nitrogens with zero attached hydrogens (tertiary/aromatic N) is 2. The van der Waals surface area contributed by atoms with E-state index in [1.807, 2.05) is 48.7 Å². The van der Waals surface area contributed by atoms with E-state index in [2.05, 4.69) is 19.2 Å². The normalized spacial score (nSPS) is 14.2. The van der Waals surface area contributed by atoms with Crippen LogP contribution in [0.2, 0.25) is 0 Å². The maximum Gasteiger partial charge on any atom is 0.419 e. The number of carbonyl (C=O) groups is 2. The third-order valence-electron chi connectivity index (χ3n) is 5.63. The Bertz CT molecular complexity index is 1190. The van der Waals surface area contributed by atoms with Crippen molar-refractivity contribution in [2.45, 2.75) is 26.2 Å². The van der Waals surface area contributed by atoms with Crippen LogP contribution in [0.4, 0.5) is 15.3 Å². The Labute approximate surface area is 187 Å². The van der Waals surface area contributed by atoms with E-state index in [0.29, 0.717) is 11.3 Å². The lowest BCUT2D eigenvalue weighted by Crippen LogP contribution is -2.29. The van der Waals surface area contributed by atoms with Crippen molar-refractivity contribution in [3.63, 3.8) is 0 Å². The van der Waals surface area contributed by atoms with Crippen molar-refractivity contribution < 1.29 is 19.1 Å². The Hall–Kier alpha value is -3.74. The van der Waals surface area contributed by atoms with Crippen LogP contribution in [0.1, 0.15) is 32.0 Å². The molecule has 1 aliphatic heterocycles. The second kappa shape index (κ2) is 8.42. The number of amides is 1. The number of benzene rings is 2. The lowest BCUT2D eigenvalue weighted by atomic mass is 9.83. The first-order valence-electron chi connectivity index (χ1n) is 10.6. The van der Waals surface area contributed by atoms with Crippen molar-refractivity contribution in [1.29, 1.82) is 0 Å². The Kier molecular flexibility index (Phi) is 5.65. The van der Waals surface area contributed by atoms with Crippen LogP contribution in [-0.2, 0) is 10.2 Å². The van der Waals surface area contributed by atoms with Crippen LogP contribution in [0.15, 0.2) is 54.7 Å². The van der Waals surface area contributed by atoms with E-state index >= 15 is 0 Å². The number of rotatable bonds is 3. The molecular formula is C25H27N3O4. The number of para-hydroxylation sites is 1. The molecule has 0 fully saturated rings. The van der Waals surface area contributed by atoms with E-state index in [-0.39, 0.29) is 12.0 Å². The molecule has 0 spiro atoms. The van der Waals surface area contributed by atoms with E-state index in [0.717, 1.165) is 28.9 Å². The highest BCUT2D eigenvalue weighted by Gasteiger charge is 2.32. The molecule has 1 N–H and O–H groups in total. The third-order valence-corrected chi connectivity index (χ3v) is 5.63. The summed E-state index contributed by atoms with van der Waals surface area (Å²) < 4.78 is 12.5. The molecule has 7 heteroatoms. The van der Waals surface area contributed by atoms with Crippen LogP contribution in [0.25, 0.3) is 17.0 Å². The van der Waals surface area contributed by atoms with Gasteiger partial charge >= 0.3 is 12.2 Å². The van der Waals surface area contributed by atoms with Gasteiger partial charge in [-0.05, 0) is 49.0 Å². The van der Waals surface area contributed by atoms with Gasteiger partial charge in [0.05, 0.1) is 17.8 Å². The van der Waals surface area contributed by atoms with E-state index in [1.165, 1.54) is 4.90 Å². The van der Waals surface area contributed by atoms with Crippen LogP contribution in [0, 0.1) is 0 Å². The number of aromatic nitrogens is 1. The van der Waals surface area contributed by atoms with Crippen molar-refractivity contribution in [2.24, 2.45) is 0 Å². The average molecular weight is 434 g/mol. The van der Waals surface area contributed by atoms with Gasteiger partial charge in [0.1, 0.15) is 5.75 Å². The van der Waals surface area contributed by atoms with Gasteiger partial charge in [0, 0.05) is 36.1 Å². The molecule has 1 aromatic heterocycles. The van der Waals surface area contributed by atoms with E-state index in [9.17, 15) is 9.59 Å². The predicted molar refractivity (Wildman–Crippen MR) is 125 cm³/mol. The Morgan fingerprint density at radius 2 is 1.91 bits per heavy atom. The largest absolute Gasteiger partial charge is 0.449 e. The number of fused-ring (bicyclic) bond motifs is 3. The summed E-state index contributed by atoms with van der Waals surface area (Å²) in [7, 11) is 1.65. The van der Waals surface area contributed by atoms with Crippen LogP contribution < -0.4 is 15.0 Å². The van der Waals surface area contributed by atoms with Crippen LogP contribution >= 0.6 is 0 Å². The molecule has 2 heterocycles. The summed E-state index contributed by atoms with van der Waals surface area (Å²) in [4.78, 5) is 27.0. The standard InChI is InChI=1S/C25H27N3O4/c1-5-31-24(30)28-20-13-14-26-16-25(2,3)22(20)19-12-11-18(15-21(19)28)32-23(29)27(4)17-9-7-6-8-10-17/h6-15,26H,5,16H2,1-4H3. The minimum Gasteiger partial charge on any atom is -0.449 e. The zero-order valence-corrected chi connectivity index (χ0v) is 18.7. The summed E-state index contributed by atoms with van der Waals surface area (Å²) in [5, 5.41) is 4.20. The molecule has 0 radical (unpaired) electrons. The number of hydrogen-bond acceptors (Lipinski definition) is 5. The molecule has 1 amide bonds. The van der Waals surface area contributed by atoms with Gasteiger partial charge in [0.25, 0.3) is 0 Å². The van der Waals surface area contributed by atoms with Gasteiger partial charge < -0.3 is 14.8 Å². The van der Waals surface area contributed by atoms with Gasteiger partial charge in [-0.1, -0.05) is 32.0 Å². The molecule has 0 unspecified atom stereocenters. The minimum absolute atomic E-state index is 0.236. The number of hydrogen-bond donors (Lipinski definition) is 1. The molecule has 32 heavy (non-hydrogen) atoms. The molecule has 0 saturated heterocycles. The summed E-state index contributed by atoms with van der Waals surface area (Å²) in [5.41, 5.74) is 2.93. The van der Waals surface area contributed by atoms with E-state index in [4.69, 9.17) is 9.47 Å². The molecule has 0 bridgehead atoms. The van der Waals surface area contributed by atoms with Gasteiger partial charge in [0.2, 0.25) is 0 Å². The molecule has 0 atom stereocenters. The molecule has 2 aromatic carbocycles. The summed E-state index contributed by atoms with van der Waals surface area (Å²) in [6.45, 7) is 7.01. The SMILES string of the molecule is CCOC(=O)n1c2c(c3ccc(OC(=O)N(C)c4ccccc4)cc31)C(C)(C)CNC=C2. The van der Waals surface area contributed by atoms with Gasteiger partial charge in [-0.25, -0.2) is 14.2 Å². The lowest BCUT2D eigenvalue weighted by Gasteiger charge is -2.24. The second-order valence-electron chi connectivity index (χ2n) is 8.33. The highest BCUT2D eigenvalue weighted by atomic mass is 16.6. The van der Waals surface area contributed by atoms with Crippen molar-refractivity contribution in [1.82, 2.24) is 9.88 Å². The maximum atomic E-state index is 12.9. The Morgan fingerprint density at radius 3 is 2.62 bits per heavy atom. The quantitative estimate of drug-likeness (QED) is 0.620. The summed E-state index contributed by atoms with van der Waals surface area (Å²) in [6.07, 6.45) is 2.75. The van der Waals surface area contributed by atoms with E-state index in [1.54, 1.807) is 30.7 Å². The minimum atomic E-state index is -0.518. The number of anilines is 1. The number of nitrogens with one attached hydrogen (secondary N) is 1. The highest BCUT2D eigenvalue weighted by Crippen LogP contribution is 2.39. The maximum absolute atomic E-state index is 12.9. The lowest BCUT2D eigenvalue weighted by molar-refractivity contribution is 0.155. The van der Waals surface area contributed by atoms with Crippen LogP contribution in [-0.4, -0.2) is 37.0 Å². The molecule has 0 saturated carbocycles. The molecule has 166 valence electrons. The third kappa shape index (κ3) is 3.82. The topological polar surface area (TPSA) is 72.8 Å². The monoisotopic (exact) mass is 433 g/mol. The first kappa shape index (κ1) is 21.5. The molecule has 1 aliphatic rings.